The number of thioether (sulfide) groups is 1. The van der Waals surface area contributed by atoms with Crippen molar-refractivity contribution in [3.05, 3.63) is 125 Å². The number of primary amides is 1. The molecule has 0 radical (unpaired) electrons. The molecule has 1 atom stereocenters. The van der Waals surface area contributed by atoms with E-state index in [0.717, 1.165) is 16.0 Å². The molecular formula is C29H24ClN3O3S. The van der Waals surface area contributed by atoms with Crippen molar-refractivity contribution in [3.63, 3.8) is 0 Å². The number of hydrogen-bond donors (Lipinski definition) is 3. The Bertz CT molecular complexity index is 1390. The van der Waals surface area contributed by atoms with Gasteiger partial charge in [0.15, 0.2) is 0 Å². The molecule has 4 N–H and O–H groups in total. The van der Waals surface area contributed by atoms with E-state index in [1.807, 2.05) is 54.6 Å². The van der Waals surface area contributed by atoms with Crippen LogP contribution in [-0.2, 0) is 16.0 Å². The summed E-state index contributed by atoms with van der Waals surface area (Å²) < 4.78 is 0. The fourth-order valence-corrected chi connectivity index (χ4v) is 4.80. The minimum absolute atomic E-state index is 0.141. The molecule has 1 unspecified atom stereocenters. The van der Waals surface area contributed by atoms with Gasteiger partial charge in [0, 0.05) is 15.6 Å². The van der Waals surface area contributed by atoms with Crippen molar-refractivity contribution in [2.45, 2.75) is 16.6 Å². The number of halogens is 1. The smallest absolute Gasteiger partial charge is 0.250 e. The Morgan fingerprint density at radius 2 is 1.43 bits per heavy atom. The quantitative estimate of drug-likeness (QED) is 0.228. The second-order valence-corrected chi connectivity index (χ2v) is 9.80. The molecule has 0 aliphatic rings. The molecule has 0 aliphatic heterocycles. The first-order valence-electron chi connectivity index (χ1n) is 11.4. The molecule has 186 valence electrons. The van der Waals surface area contributed by atoms with E-state index < -0.39 is 11.2 Å². The number of nitrogens with one attached hydrogen (secondary N) is 2. The molecule has 37 heavy (non-hydrogen) atoms. The van der Waals surface area contributed by atoms with Crippen molar-refractivity contribution < 1.29 is 14.4 Å². The van der Waals surface area contributed by atoms with Gasteiger partial charge in [-0.05, 0) is 59.7 Å². The zero-order chi connectivity index (χ0) is 26.2. The largest absolute Gasteiger partial charge is 0.366 e. The summed E-state index contributed by atoms with van der Waals surface area (Å²) in [5.74, 6) is -1.05. The fourth-order valence-electron chi connectivity index (χ4n) is 3.65. The van der Waals surface area contributed by atoms with Crippen LogP contribution in [-0.4, -0.2) is 17.7 Å². The number of carbonyl (C=O) groups excluding carboxylic acids is 3. The normalized spacial score (nSPS) is 11.4. The Hall–Kier alpha value is -4.07. The van der Waals surface area contributed by atoms with Crippen LogP contribution in [0.1, 0.15) is 26.7 Å². The van der Waals surface area contributed by atoms with Gasteiger partial charge in [-0.3, -0.25) is 14.4 Å². The molecule has 3 amide bonds. The van der Waals surface area contributed by atoms with Gasteiger partial charge < -0.3 is 16.4 Å². The van der Waals surface area contributed by atoms with Crippen molar-refractivity contribution in [2.24, 2.45) is 5.73 Å². The number of hydrogen-bond acceptors (Lipinski definition) is 4. The molecule has 6 nitrogen and oxygen atoms in total. The van der Waals surface area contributed by atoms with Crippen LogP contribution < -0.4 is 16.4 Å². The first kappa shape index (κ1) is 26.0. The molecule has 4 aromatic rings. The molecule has 0 saturated carbocycles. The Morgan fingerprint density at radius 1 is 0.784 bits per heavy atom. The van der Waals surface area contributed by atoms with Gasteiger partial charge in [0.25, 0.3) is 5.91 Å². The second kappa shape index (κ2) is 12.3. The van der Waals surface area contributed by atoms with E-state index >= 15 is 0 Å². The number of amides is 3. The maximum absolute atomic E-state index is 13.3. The van der Waals surface area contributed by atoms with E-state index in [-0.39, 0.29) is 23.8 Å². The summed E-state index contributed by atoms with van der Waals surface area (Å²) in [6.45, 7) is 0. The lowest BCUT2D eigenvalue weighted by Gasteiger charge is -2.18. The van der Waals surface area contributed by atoms with Crippen LogP contribution >= 0.6 is 23.4 Å². The molecule has 0 heterocycles. The summed E-state index contributed by atoms with van der Waals surface area (Å²) in [6, 6.07) is 30.4. The molecule has 0 saturated heterocycles. The van der Waals surface area contributed by atoms with E-state index in [9.17, 15) is 14.4 Å². The van der Waals surface area contributed by atoms with Crippen LogP contribution in [0.4, 0.5) is 11.4 Å². The summed E-state index contributed by atoms with van der Waals surface area (Å²) >= 11 is 7.26. The maximum atomic E-state index is 13.3. The standard InChI is InChI=1S/C29H24ClN3O3S/c30-21-12-10-19(11-13-21)18-26(34)32-22-14-16-23(17-15-22)37-27(20-6-2-1-3-7-20)29(36)33-25-9-5-4-8-24(25)28(31)35/h1-17,27H,18H2,(H2,31,35)(H,32,34)(H,33,36). The van der Waals surface area contributed by atoms with Crippen LogP contribution in [0.5, 0.6) is 0 Å². The third kappa shape index (κ3) is 7.22. The Morgan fingerprint density at radius 3 is 2.11 bits per heavy atom. The third-order valence-electron chi connectivity index (χ3n) is 5.46. The highest BCUT2D eigenvalue weighted by atomic mass is 35.5. The highest BCUT2D eigenvalue weighted by molar-refractivity contribution is 8.00. The number of rotatable bonds is 9. The fraction of sp³-hybridized carbons (Fsp3) is 0.0690. The highest BCUT2D eigenvalue weighted by Gasteiger charge is 2.23. The minimum Gasteiger partial charge on any atom is -0.366 e. The van der Waals surface area contributed by atoms with Crippen molar-refractivity contribution >= 4 is 52.5 Å². The Kier molecular flexibility index (Phi) is 8.61. The lowest BCUT2D eigenvalue weighted by molar-refractivity contribution is -0.116. The van der Waals surface area contributed by atoms with Gasteiger partial charge in [0.05, 0.1) is 17.7 Å². The van der Waals surface area contributed by atoms with Crippen molar-refractivity contribution in [2.75, 3.05) is 10.6 Å². The van der Waals surface area contributed by atoms with Crippen LogP contribution in [0.25, 0.3) is 0 Å². The molecule has 0 bridgehead atoms. The summed E-state index contributed by atoms with van der Waals surface area (Å²) in [4.78, 5) is 38.4. The summed E-state index contributed by atoms with van der Waals surface area (Å²) in [6.07, 6.45) is 0.233. The Labute approximate surface area is 224 Å². The molecule has 0 fully saturated rings. The molecule has 0 spiro atoms. The predicted octanol–water partition coefficient (Wildman–Crippen LogP) is 6.09. The molecule has 0 aromatic heterocycles. The van der Waals surface area contributed by atoms with E-state index in [4.69, 9.17) is 17.3 Å². The molecular weight excluding hydrogens is 506 g/mol. The maximum Gasteiger partial charge on any atom is 0.250 e. The summed E-state index contributed by atoms with van der Waals surface area (Å²) in [5.41, 5.74) is 8.40. The van der Waals surface area contributed by atoms with Crippen LogP contribution in [0, 0.1) is 0 Å². The van der Waals surface area contributed by atoms with E-state index in [2.05, 4.69) is 10.6 Å². The predicted molar refractivity (Wildman–Crippen MR) is 149 cm³/mol. The number of carbonyl (C=O) groups is 3. The number of benzene rings is 4. The summed E-state index contributed by atoms with van der Waals surface area (Å²) in [5, 5.41) is 5.77. The zero-order valence-electron chi connectivity index (χ0n) is 19.7. The highest BCUT2D eigenvalue weighted by Crippen LogP contribution is 2.37. The number of nitrogens with two attached hydrogens (primary N) is 1. The number of anilines is 2. The number of para-hydroxylation sites is 1. The van der Waals surface area contributed by atoms with Gasteiger partial charge in [-0.25, -0.2) is 0 Å². The lowest BCUT2D eigenvalue weighted by Crippen LogP contribution is -2.22. The van der Waals surface area contributed by atoms with Gasteiger partial charge in [0.2, 0.25) is 11.8 Å². The zero-order valence-corrected chi connectivity index (χ0v) is 21.3. The molecule has 0 aliphatic carbocycles. The van der Waals surface area contributed by atoms with Gasteiger partial charge in [-0.15, -0.1) is 11.8 Å². The Balaban J connectivity index is 1.46. The molecule has 8 heteroatoms. The topological polar surface area (TPSA) is 101 Å². The van der Waals surface area contributed by atoms with Crippen LogP contribution in [0.2, 0.25) is 5.02 Å². The third-order valence-corrected chi connectivity index (χ3v) is 6.98. The minimum atomic E-state index is -0.617. The lowest BCUT2D eigenvalue weighted by atomic mass is 10.1. The molecule has 4 aromatic carbocycles. The summed E-state index contributed by atoms with van der Waals surface area (Å²) in [7, 11) is 0. The average molecular weight is 530 g/mol. The monoisotopic (exact) mass is 529 g/mol. The first-order valence-corrected chi connectivity index (χ1v) is 12.7. The van der Waals surface area contributed by atoms with E-state index in [0.29, 0.717) is 16.4 Å². The molecule has 4 rings (SSSR count). The van der Waals surface area contributed by atoms with Gasteiger partial charge in [-0.2, -0.15) is 0 Å². The van der Waals surface area contributed by atoms with Crippen LogP contribution in [0.15, 0.2) is 108 Å². The van der Waals surface area contributed by atoms with Gasteiger partial charge >= 0.3 is 0 Å². The van der Waals surface area contributed by atoms with Crippen LogP contribution in [0.3, 0.4) is 0 Å². The van der Waals surface area contributed by atoms with E-state index in [1.165, 1.54) is 11.8 Å². The van der Waals surface area contributed by atoms with Gasteiger partial charge in [-0.1, -0.05) is 66.2 Å². The van der Waals surface area contributed by atoms with Crippen molar-refractivity contribution in [1.82, 2.24) is 0 Å². The average Bonchev–Trinajstić information content (AvgIpc) is 2.90. The van der Waals surface area contributed by atoms with Crippen molar-refractivity contribution in [1.29, 1.82) is 0 Å². The first-order chi connectivity index (χ1) is 17.9. The second-order valence-electron chi connectivity index (χ2n) is 8.18. The SMILES string of the molecule is NC(=O)c1ccccc1NC(=O)C(Sc1ccc(NC(=O)Cc2ccc(Cl)cc2)cc1)c1ccccc1. The van der Waals surface area contributed by atoms with Gasteiger partial charge in [0.1, 0.15) is 5.25 Å². The van der Waals surface area contributed by atoms with E-state index in [1.54, 1.807) is 48.5 Å². The van der Waals surface area contributed by atoms with Crippen molar-refractivity contribution in [3.8, 4) is 0 Å².